The van der Waals surface area contributed by atoms with E-state index in [1.165, 1.54) is 5.56 Å². The summed E-state index contributed by atoms with van der Waals surface area (Å²) in [4.78, 5) is 4.78. The van der Waals surface area contributed by atoms with Gasteiger partial charge in [0.15, 0.2) is 0 Å². The molecule has 1 aliphatic rings. The molecule has 5 heteroatoms. The zero-order chi connectivity index (χ0) is 13.8. The summed E-state index contributed by atoms with van der Waals surface area (Å²) >= 11 is 0. The van der Waals surface area contributed by atoms with Crippen LogP contribution in [0.1, 0.15) is 30.4 Å². The van der Waals surface area contributed by atoms with Crippen LogP contribution in [-0.4, -0.2) is 58.9 Å². The Labute approximate surface area is 115 Å². The molecule has 0 bridgehead atoms. The predicted molar refractivity (Wildman–Crippen MR) is 74.0 cm³/mol. The van der Waals surface area contributed by atoms with Gasteiger partial charge in [-0.25, -0.2) is 0 Å². The lowest BCUT2D eigenvalue weighted by atomic mass is 10.1. The highest BCUT2D eigenvalue weighted by Crippen LogP contribution is 2.16. The second kappa shape index (κ2) is 6.50. The summed E-state index contributed by atoms with van der Waals surface area (Å²) < 4.78 is 5.20. The van der Waals surface area contributed by atoms with Crippen LogP contribution in [0.25, 0.3) is 0 Å². The maximum Gasteiger partial charge on any atom is 0.138 e. The van der Waals surface area contributed by atoms with Crippen LogP contribution >= 0.6 is 0 Å². The molecule has 1 aromatic heterocycles. The third-order valence-corrected chi connectivity index (χ3v) is 3.97. The Morgan fingerprint density at radius 1 is 1.21 bits per heavy atom. The molecular formula is C14H25N3O2. The molecular weight excluding hydrogens is 242 g/mol. The van der Waals surface area contributed by atoms with Crippen molar-refractivity contribution in [2.75, 3.05) is 32.7 Å². The fraction of sp³-hybridized carbons (Fsp3) is 0.786. The van der Waals surface area contributed by atoms with Crippen LogP contribution in [-0.2, 0) is 6.54 Å². The average Bonchev–Trinajstić information content (AvgIpc) is 2.72. The maximum atomic E-state index is 9.68. The number of aryl methyl sites for hydroxylation is 2. The first-order chi connectivity index (χ1) is 9.10. The largest absolute Gasteiger partial charge is 0.392 e. The summed E-state index contributed by atoms with van der Waals surface area (Å²) in [6.45, 7) is 11.9. The fourth-order valence-electron chi connectivity index (χ4n) is 2.51. The van der Waals surface area contributed by atoms with Crippen LogP contribution in [0.2, 0.25) is 0 Å². The monoisotopic (exact) mass is 267 g/mol. The number of hydrogen-bond acceptors (Lipinski definition) is 5. The average molecular weight is 267 g/mol. The highest BCUT2D eigenvalue weighted by molar-refractivity contribution is 5.20. The lowest BCUT2D eigenvalue weighted by molar-refractivity contribution is 0.0685. The summed E-state index contributed by atoms with van der Waals surface area (Å²) in [5.41, 5.74) is 2.23. The summed E-state index contributed by atoms with van der Waals surface area (Å²) in [5, 5.41) is 13.7. The standard InChI is InChI=1S/C14H25N3O2/c1-4-13(18)9-16-5-7-17(8-6-16)10-14-11(2)15-19-12(14)3/h13,18H,4-10H2,1-3H3. The first kappa shape index (κ1) is 14.5. The number of β-amino-alcohol motifs (C(OH)–C–C–N with tert-alkyl or cyclic N) is 1. The smallest absolute Gasteiger partial charge is 0.138 e. The molecule has 1 aliphatic heterocycles. The second-order valence-corrected chi connectivity index (χ2v) is 5.44. The molecule has 1 saturated heterocycles. The maximum absolute atomic E-state index is 9.68. The minimum atomic E-state index is -0.186. The number of aliphatic hydroxyl groups excluding tert-OH is 1. The molecule has 1 unspecified atom stereocenters. The number of rotatable bonds is 5. The summed E-state index contributed by atoms with van der Waals surface area (Å²) in [5.74, 6) is 0.932. The van der Waals surface area contributed by atoms with E-state index in [4.69, 9.17) is 4.52 Å². The molecule has 2 heterocycles. The molecule has 5 nitrogen and oxygen atoms in total. The van der Waals surface area contributed by atoms with Crippen LogP contribution < -0.4 is 0 Å². The molecule has 1 N–H and O–H groups in total. The topological polar surface area (TPSA) is 52.7 Å². The van der Waals surface area contributed by atoms with Crippen molar-refractivity contribution in [3.63, 3.8) is 0 Å². The van der Waals surface area contributed by atoms with E-state index in [2.05, 4.69) is 15.0 Å². The van der Waals surface area contributed by atoms with Crippen LogP contribution in [0.5, 0.6) is 0 Å². The minimum absolute atomic E-state index is 0.186. The SMILES string of the molecule is CCC(O)CN1CCN(Cc2c(C)noc2C)CC1. The van der Waals surface area contributed by atoms with Gasteiger partial charge in [0, 0.05) is 44.8 Å². The van der Waals surface area contributed by atoms with Crippen LogP contribution in [0.3, 0.4) is 0 Å². The first-order valence-corrected chi connectivity index (χ1v) is 7.14. The van der Waals surface area contributed by atoms with Gasteiger partial charge in [-0.05, 0) is 20.3 Å². The van der Waals surface area contributed by atoms with Crippen molar-refractivity contribution >= 4 is 0 Å². The van der Waals surface area contributed by atoms with Crippen LogP contribution in [0.15, 0.2) is 4.52 Å². The van der Waals surface area contributed by atoms with E-state index in [1.54, 1.807) is 0 Å². The number of aliphatic hydroxyl groups is 1. The van der Waals surface area contributed by atoms with Gasteiger partial charge in [-0.1, -0.05) is 12.1 Å². The third-order valence-electron chi connectivity index (χ3n) is 3.97. The number of piperazine rings is 1. The second-order valence-electron chi connectivity index (χ2n) is 5.44. The number of aromatic nitrogens is 1. The van der Waals surface area contributed by atoms with Crippen molar-refractivity contribution in [3.05, 3.63) is 17.0 Å². The van der Waals surface area contributed by atoms with Crippen molar-refractivity contribution in [2.24, 2.45) is 0 Å². The Bertz CT molecular complexity index is 378. The van der Waals surface area contributed by atoms with Crippen molar-refractivity contribution < 1.29 is 9.63 Å². The van der Waals surface area contributed by atoms with Gasteiger partial charge in [-0.2, -0.15) is 0 Å². The molecule has 0 aliphatic carbocycles. The van der Waals surface area contributed by atoms with E-state index in [9.17, 15) is 5.11 Å². The molecule has 0 spiro atoms. The first-order valence-electron chi connectivity index (χ1n) is 7.14. The molecule has 1 atom stereocenters. The zero-order valence-electron chi connectivity index (χ0n) is 12.2. The Balaban J connectivity index is 1.81. The van der Waals surface area contributed by atoms with E-state index in [0.29, 0.717) is 0 Å². The Morgan fingerprint density at radius 3 is 2.37 bits per heavy atom. The van der Waals surface area contributed by atoms with Crippen molar-refractivity contribution in [3.8, 4) is 0 Å². The highest BCUT2D eigenvalue weighted by atomic mass is 16.5. The summed E-state index contributed by atoms with van der Waals surface area (Å²) in [6.07, 6.45) is 0.647. The van der Waals surface area contributed by atoms with Crippen molar-refractivity contribution in [1.82, 2.24) is 15.0 Å². The zero-order valence-corrected chi connectivity index (χ0v) is 12.2. The van der Waals surface area contributed by atoms with E-state index >= 15 is 0 Å². The van der Waals surface area contributed by atoms with Gasteiger partial charge >= 0.3 is 0 Å². The van der Waals surface area contributed by atoms with Gasteiger partial charge in [0.05, 0.1) is 11.8 Å². The summed E-state index contributed by atoms with van der Waals surface area (Å²) in [6, 6.07) is 0. The molecule has 1 fully saturated rings. The fourth-order valence-corrected chi connectivity index (χ4v) is 2.51. The Hall–Kier alpha value is -0.910. The normalized spacial score (nSPS) is 19.8. The van der Waals surface area contributed by atoms with Crippen molar-refractivity contribution in [2.45, 2.75) is 39.8 Å². The number of hydrogen-bond donors (Lipinski definition) is 1. The lowest BCUT2D eigenvalue weighted by Crippen LogP contribution is -2.48. The third kappa shape index (κ3) is 3.78. The molecule has 0 radical (unpaired) electrons. The van der Waals surface area contributed by atoms with Gasteiger partial charge in [0.2, 0.25) is 0 Å². The van der Waals surface area contributed by atoms with Gasteiger partial charge in [-0.3, -0.25) is 9.80 Å². The lowest BCUT2D eigenvalue weighted by Gasteiger charge is -2.35. The molecule has 2 rings (SSSR count). The molecule has 1 aromatic rings. The molecule has 0 amide bonds. The minimum Gasteiger partial charge on any atom is -0.392 e. The van der Waals surface area contributed by atoms with Gasteiger partial charge in [0.1, 0.15) is 5.76 Å². The van der Waals surface area contributed by atoms with Crippen molar-refractivity contribution in [1.29, 1.82) is 0 Å². The highest BCUT2D eigenvalue weighted by Gasteiger charge is 2.20. The van der Waals surface area contributed by atoms with Crippen LogP contribution in [0.4, 0.5) is 0 Å². The van der Waals surface area contributed by atoms with Gasteiger partial charge in [0.25, 0.3) is 0 Å². The molecule has 0 aromatic carbocycles. The van der Waals surface area contributed by atoms with E-state index in [0.717, 1.165) is 57.1 Å². The summed E-state index contributed by atoms with van der Waals surface area (Å²) in [7, 11) is 0. The number of nitrogens with zero attached hydrogens (tertiary/aromatic N) is 3. The predicted octanol–water partition coefficient (Wildman–Crippen LogP) is 1.18. The molecule has 19 heavy (non-hydrogen) atoms. The van der Waals surface area contributed by atoms with E-state index in [-0.39, 0.29) is 6.10 Å². The molecule has 0 saturated carbocycles. The van der Waals surface area contributed by atoms with E-state index < -0.39 is 0 Å². The molecule has 108 valence electrons. The van der Waals surface area contributed by atoms with Crippen LogP contribution in [0, 0.1) is 13.8 Å². The van der Waals surface area contributed by atoms with Gasteiger partial charge < -0.3 is 9.63 Å². The Kier molecular flexibility index (Phi) is 4.96. The van der Waals surface area contributed by atoms with E-state index in [1.807, 2.05) is 20.8 Å². The quantitative estimate of drug-likeness (QED) is 0.868. The Morgan fingerprint density at radius 2 is 1.84 bits per heavy atom. The van der Waals surface area contributed by atoms with Gasteiger partial charge in [-0.15, -0.1) is 0 Å².